The number of hydrogen-bond donors (Lipinski definition) is 0. The predicted molar refractivity (Wildman–Crippen MR) is 73.2 cm³/mol. The fourth-order valence-electron chi connectivity index (χ4n) is 2.87. The van der Waals surface area contributed by atoms with Crippen LogP contribution in [-0.4, -0.2) is 23.7 Å². The quantitative estimate of drug-likeness (QED) is 0.729. The van der Waals surface area contributed by atoms with Gasteiger partial charge in [0, 0.05) is 13.1 Å². The third-order valence-corrected chi connectivity index (χ3v) is 3.95. The van der Waals surface area contributed by atoms with E-state index in [0.29, 0.717) is 0 Å². The number of fused-ring (bicyclic) bond motifs is 1. The van der Waals surface area contributed by atoms with E-state index in [1.54, 1.807) is 0 Å². The molecule has 2 aliphatic rings. The number of hydrogen-bond acceptors (Lipinski definition) is 2. The molecule has 2 aromatic carbocycles. The highest BCUT2D eigenvalue weighted by Gasteiger charge is 2.65. The van der Waals surface area contributed by atoms with Crippen molar-refractivity contribution in [3.63, 3.8) is 0 Å². The molecule has 2 nitrogen and oxygen atoms in total. The molecule has 2 heteroatoms. The Kier molecular flexibility index (Phi) is 1.97. The highest BCUT2D eigenvalue weighted by molar-refractivity contribution is 6.06. The second-order valence-electron chi connectivity index (χ2n) is 4.98. The standard InChI is InChI=1S/C16H14N2/c1-3-7-13(8-4-1)16-12-18(16)11-15(16)17-14-9-5-2-6-10-14/h1-10H,11-12H2/t16-,18?/m0/s1. The molecule has 0 amide bonds. The summed E-state index contributed by atoms with van der Waals surface area (Å²) in [6, 6.07) is 20.9. The van der Waals surface area contributed by atoms with Crippen molar-refractivity contribution in [1.82, 2.24) is 4.90 Å². The van der Waals surface area contributed by atoms with E-state index in [0.717, 1.165) is 18.8 Å². The van der Waals surface area contributed by atoms with Gasteiger partial charge in [-0.25, -0.2) is 0 Å². The summed E-state index contributed by atoms with van der Waals surface area (Å²) in [6.45, 7) is 2.15. The highest BCUT2D eigenvalue weighted by atomic mass is 15.4. The molecule has 2 saturated heterocycles. The summed E-state index contributed by atoms with van der Waals surface area (Å²) < 4.78 is 0. The summed E-state index contributed by atoms with van der Waals surface area (Å²) in [5.41, 5.74) is 3.89. The minimum absolute atomic E-state index is 0.136. The van der Waals surface area contributed by atoms with Crippen molar-refractivity contribution in [3.8, 4) is 0 Å². The SMILES string of the molecule is c1ccc(N=C2CN3C[C@]23c2ccccc2)cc1. The zero-order valence-electron chi connectivity index (χ0n) is 10.1. The molecule has 2 atom stereocenters. The van der Waals surface area contributed by atoms with Crippen LogP contribution in [0, 0.1) is 0 Å². The number of rotatable bonds is 2. The molecule has 0 radical (unpaired) electrons. The van der Waals surface area contributed by atoms with Gasteiger partial charge in [0.25, 0.3) is 0 Å². The van der Waals surface area contributed by atoms with Gasteiger partial charge >= 0.3 is 0 Å². The zero-order chi connectivity index (χ0) is 12.0. The Morgan fingerprint density at radius 2 is 1.56 bits per heavy atom. The van der Waals surface area contributed by atoms with Gasteiger partial charge in [-0.2, -0.15) is 0 Å². The van der Waals surface area contributed by atoms with Crippen molar-refractivity contribution in [3.05, 3.63) is 66.2 Å². The average Bonchev–Trinajstić information content (AvgIpc) is 3.05. The molecule has 2 aliphatic heterocycles. The Morgan fingerprint density at radius 3 is 2.17 bits per heavy atom. The Morgan fingerprint density at radius 1 is 0.889 bits per heavy atom. The summed E-state index contributed by atoms with van der Waals surface area (Å²) in [5, 5.41) is 0. The molecule has 0 aromatic heterocycles. The first kappa shape index (κ1) is 10.0. The fraction of sp³-hybridized carbons (Fsp3) is 0.188. The lowest BCUT2D eigenvalue weighted by molar-refractivity contribution is 0.465. The summed E-state index contributed by atoms with van der Waals surface area (Å²) in [7, 11) is 0. The molecular weight excluding hydrogens is 220 g/mol. The molecule has 0 bridgehead atoms. The second kappa shape index (κ2) is 3.53. The van der Waals surface area contributed by atoms with E-state index in [2.05, 4.69) is 47.4 Å². The summed E-state index contributed by atoms with van der Waals surface area (Å²) in [4.78, 5) is 7.27. The van der Waals surface area contributed by atoms with Crippen molar-refractivity contribution in [2.45, 2.75) is 5.54 Å². The molecule has 0 N–H and O–H groups in total. The predicted octanol–water partition coefficient (Wildman–Crippen LogP) is 2.98. The number of para-hydroxylation sites is 1. The van der Waals surface area contributed by atoms with E-state index in [9.17, 15) is 0 Å². The Bertz CT molecular complexity index is 604. The first-order valence-electron chi connectivity index (χ1n) is 6.33. The molecule has 1 unspecified atom stereocenters. The normalized spacial score (nSPS) is 30.7. The lowest BCUT2D eigenvalue weighted by atomic mass is 9.89. The van der Waals surface area contributed by atoms with Crippen LogP contribution in [0.3, 0.4) is 0 Å². The molecule has 2 aromatic rings. The van der Waals surface area contributed by atoms with Crippen molar-refractivity contribution in [2.75, 3.05) is 13.1 Å². The molecule has 0 aliphatic carbocycles. The van der Waals surface area contributed by atoms with Crippen molar-refractivity contribution in [2.24, 2.45) is 4.99 Å². The maximum absolute atomic E-state index is 4.81. The Labute approximate surface area is 107 Å². The van der Waals surface area contributed by atoms with Crippen LogP contribution in [0.1, 0.15) is 5.56 Å². The van der Waals surface area contributed by atoms with E-state index in [1.165, 1.54) is 11.3 Å². The highest BCUT2D eigenvalue weighted by Crippen LogP contribution is 2.52. The maximum Gasteiger partial charge on any atom is 0.0995 e. The van der Waals surface area contributed by atoms with Gasteiger partial charge in [0.15, 0.2) is 0 Å². The van der Waals surface area contributed by atoms with Gasteiger partial charge in [-0.1, -0.05) is 48.5 Å². The van der Waals surface area contributed by atoms with Crippen LogP contribution in [0.2, 0.25) is 0 Å². The summed E-state index contributed by atoms with van der Waals surface area (Å²) >= 11 is 0. The van der Waals surface area contributed by atoms with E-state index in [-0.39, 0.29) is 5.54 Å². The molecule has 0 spiro atoms. The minimum atomic E-state index is 0.136. The van der Waals surface area contributed by atoms with E-state index in [1.807, 2.05) is 18.2 Å². The van der Waals surface area contributed by atoms with Gasteiger partial charge in [0.2, 0.25) is 0 Å². The van der Waals surface area contributed by atoms with Gasteiger partial charge in [-0.15, -0.1) is 0 Å². The molecule has 88 valence electrons. The number of nitrogens with zero attached hydrogens (tertiary/aromatic N) is 2. The topological polar surface area (TPSA) is 15.4 Å². The van der Waals surface area contributed by atoms with Crippen LogP contribution in [0.25, 0.3) is 0 Å². The molecule has 4 rings (SSSR count). The second-order valence-corrected chi connectivity index (χ2v) is 4.98. The van der Waals surface area contributed by atoms with Crippen LogP contribution in [-0.2, 0) is 5.54 Å². The molecular formula is C16H14N2. The van der Waals surface area contributed by atoms with E-state index < -0.39 is 0 Å². The third kappa shape index (κ3) is 1.30. The zero-order valence-corrected chi connectivity index (χ0v) is 10.1. The first-order valence-corrected chi connectivity index (χ1v) is 6.33. The number of aliphatic imine (C=N–C) groups is 1. The lowest BCUT2D eigenvalue weighted by Crippen LogP contribution is -2.42. The first-order chi connectivity index (χ1) is 8.89. The van der Waals surface area contributed by atoms with Gasteiger partial charge in [0.05, 0.1) is 16.9 Å². The van der Waals surface area contributed by atoms with E-state index in [4.69, 9.17) is 4.99 Å². The van der Waals surface area contributed by atoms with Crippen LogP contribution < -0.4 is 0 Å². The van der Waals surface area contributed by atoms with Crippen LogP contribution >= 0.6 is 0 Å². The minimum Gasteiger partial charge on any atom is -0.279 e. The molecule has 2 fully saturated rings. The van der Waals surface area contributed by atoms with Gasteiger partial charge in [0.1, 0.15) is 0 Å². The van der Waals surface area contributed by atoms with Gasteiger partial charge < -0.3 is 0 Å². The van der Waals surface area contributed by atoms with Crippen molar-refractivity contribution < 1.29 is 0 Å². The molecule has 18 heavy (non-hydrogen) atoms. The lowest BCUT2D eigenvalue weighted by Gasteiger charge is -2.29. The van der Waals surface area contributed by atoms with Crippen LogP contribution in [0.5, 0.6) is 0 Å². The van der Waals surface area contributed by atoms with E-state index >= 15 is 0 Å². The largest absolute Gasteiger partial charge is 0.279 e. The Balaban J connectivity index is 1.71. The van der Waals surface area contributed by atoms with Crippen molar-refractivity contribution >= 4 is 11.4 Å². The molecule has 2 heterocycles. The summed E-state index contributed by atoms with van der Waals surface area (Å²) in [6.07, 6.45) is 0. The summed E-state index contributed by atoms with van der Waals surface area (Å²) in [5.74, 6) is 0. The monoisotopic (exact) mass is 234 g/mol. The Hall–Kier alpha value is -1.93. The third-order valence-electron chi connectivity index (χ3n) is 3.95. The average molecular weight is 234 g/mol. The van der Waals surface area contributed by atoms with Crippen LogP contribution in [0.4, 0.5) is 5.69 Å². The number of benzene rings is 2. The smallest absolute Gasteiger partial charge is 0.0995 e. The van der Waals surface area contributed by atoms with Crippen LogP contribution in [0.15, 0.2) is 65.7 Å². The van der Waals surface area contributed by atoms with Gasteiger partial charge in [-0.3, -0.25) is 9.89 Å². The maximum atomic E-state index is 4.81. The van der Waals surface area contributed by atoms with Crippen molar-refractivity contribution in [1.29, 1.82) is 0 Å². The van der Waals surface area contributed by atoms with Gasteiger partial charge in [-0.05, 0) is 17.7 Å². The fourth-order valence-corrected chi connectivity index (χ4v) is 2.87. The molecule has 0 saturated carbocycles.